The van der Waals surface area contributed by atoms with E-state index >= 15 is 0 Å². The quantitative estimate of drug-likeness (QED) is 0.531. The number of nitrogens with zero attached hydrogens (tertiary/aromatic N) is 2. The molecule has 0 saturated carbocycles. The van der Waals surface area contributed by atoms with E-state index in [-0.39, 0.29) is 11.5 Å². The van der Waals surface area contributed by atoms with Crippen LogP contribution in [0.1, 0.15) is 20.8 Å². The van der Waals surface area contributed by atoms with Crippen LogP contribution in [0.5, 0.6) is 0 Å². The fourth-order valence-electron chi connectivity index (χ4n) is 1.92. The summed E-state index contributed by atoms with van der Waals surface area (Å²) in [4.78, 5) is 6.68. The Balaban J connectivity index is 2.28. The third kappa shape index (κ3) is 7.09. The lowest BCUT2D eigenvalue weighted by atomic mass is 10.2. The first kappa shape index (κ1) is 17.2. The van der Waals surface area contributed by atoms with E-state index in [1.54, 1.807) is 0 Å². The molecular weight excluding hydrogens is 276 g/mol. The van der Waals surface area contributed by atoms with Crippen LogP contribution in [0.25, 0.3) is 0 Å². The van der Waals surface area contributed by atoms with Crippen molar-refractivity contribution in [2.45, 2.75) is 20.8 Å². The van der Waals surface area contributed by atoms with E-state index in [2.05, 4.69) is 34.4 Å². The third-order valence-electron chi connectivity index (χ3n) is 3.12. The maximum Gasteiger partial charge on any atom is 0.191 e. The predicted octanol–water partition coefficient (Wildman–Crippen LogP) is -0.0721. The molecular formula is C13H28N4O2S. The second kappa shape index (κ2) is 8.46. The Kier molecular flexibility index (Phi) is 7.29. The standard InChI is InChI=1S/C13H28N4O2S/c1-4-14-13(16-11-12(2)3)15-5-6-17-7-9-20(18,19)10-8-17/h12H,4-11H2,1-3H3,(H2,14,15,16). The van der Waals surface area contributed by atoms with Gasteiger partial charge < -0.3 is 10.6 Å². The van der Waals surface area contributed by atoms with E-state index in [1.807, 2.05) is 6.92 Å². The van der Waals surface area contributed by atoms with Crippen LogP contribution in [0.2, 0.25) is 0 Å². The summed E-state index contributed by atoms with van der Waals surface area (Å²) in [6, 6.07) is 0. The first-order valence-corrected chi connectivity index (χ1v) is 9.20. The van der Waals surface area contributed by atoms with Crippen molar-refractivity contribution in [1.29, 1.82) is 0 Å². The molecule has 0 aromatic heterocycles. The van der Waals surface area contributed by atoms with Crippen LogP contribution in [0.15, 0.2) is 4.99 Å². The number of nitrogens with one attached hydrogen (secondary N) is 2. The Morgan fingerprint density at radius 3 is 2.45 bits per heavy atom. The van der Waals surface area contributed by atoms with Gasteiger partial charge in [-0.3, -0.25) is 9.89 Å². The van der Waals surface area contributed by atoms with Gasteiger partial charge in [0.25, 0.3) is 0 Å². The number of rotatable bonds is 6. The molecule has 0 unspecified atom stereocenters. The Morgan fingerprint density at radius 2 is 1.90 bits per heavy atom. The predicted molar refractivity (Wildman–Crippen MR) is 83.9 cm³/mol. The van der Waals surface area contributed by atoms with Gasteiger partial charge >= 0.3 is 0 Å². The van der Waals surface area contributed by atoms with Crippen molar-refractivity contribution in [2.75, 3.05) is 50.8 Å². The van der Waals surface area contributed by atoms with Gasteiger partial charge in [-0.05, 0) is 12.8 Å². The van der Waals surface area contributed by atoms with Crippen LogP contribution < -0.4 is 10.6 Å². The molecule has 6 nitrogen and oxygen atoms in total. The number of hydrogen-bond donors (Lipinski definition) is 2. The molecule has 1 fully saturated rings. The summed E-state index contributed by atoms with van der Waals surface area (Å²) in [5, 5.41) is 6.51. The highest BCUT2D eigenvalue weighted by molar-refractivity contribution is 7.91. The molecule has 7 heteroatoms. The lowest BCUT2D eigenvalue weighted by molar-refractivity contribution is 0.299. The highest BCUT2D eigenvalue weighted by Crippen LogP contribution is 2.02. The molecule has 1 saturated heterocycles. The van der Waals surface area contributed by atoms with Crippen LogP contribution in [-0.4, -0.2) is 70.1 Å². The lowest BCUT2D eigenvalue weighted by Crippen LogP contribution is -2.46. The molecule has 0 atom stereocenters. The molecule has 0 aliphatic carbocycles. The smallest absolute Gasteiger partial charge is 0.191 e. The molecule has 20 heavy (non-hydrogen) atoms. The molecule has 0 amide bonds. The molecule has 1 rings (SSSR count). The van der Waals surface area contributed by atoms with Gasteiger partial charge in [0.05, 0.1) is 11.5 Å². The van der Waals surface area contributed by atoms with Gasteiger partial charge in [-0.15, -0.1) is 0 Å². The average Bonchev–Trinajstić information content (AvgIpc) is 2.37. The first-order valence-electron chi connectivity index (χ1n) is 7.38. The molecule has 2 N–H and O–H groups in total. The number of aliphatic imine (C=N–C) groups is 1. The zero-order valence-corrected chi connectivity index (χ0v) is 13.7. The van der Waals surface area contributed by atoms with E-state index < -0.39 is 9.84 Å². The van der Waals surface area contributed by atoms with Crippen LogP contribution in [0, 0.1) is 5.92 Å². The largest absolute Gasteiger partial charge is 0.357 e. The van der Waals surface area contributed by atoms with E-state index in [0.717, 1.165) is 32.1 Å². The summed E-state index contributed by atoms with van der Waals surface area (Å²) in [7, 11) is -2.78. The van der Waals surface area contributed by atoms with E-state index in [1.165, 1.54) is 0 Å². The monoisotopic (exact) mass is 304 g/mol. The molecule has 0 aromatic rings. The minimum Gasteiger partial charge on any atom is -0.357 e. The number of hydrogen-bond acceptors (Lipinski definition) is 4. The summed E-state index contributed by atoms with van der Waals surface area (Å²) < 4.78 is 22.7. The minimum absolute atomic E-state index is 0.286. The molecule has 1 aliphatic rings. The first-order chi connectivity index (χ1) is 9.43. The van der Waals surface area contributed by atoms with Crippen LogP contribution in [-0.2, 0) is 9.84 Å². The van der Waals surface area contributed by atoms with E-state index in [0.29, 0.717) is 19.0 Å². The van der Waals surface area contributed by atoms with Crippen molar-refractivity contribution >= 4 is 15.8 Å². The Morgan fingerprint density at radius 1 is 1.25 bits per heavy atom. The summed E-state index contributed by atoms with van der Waals surface area (Å²) in [6.45, 7) is 10.9. The summed E-state index contributed by atoms with van der Waals surface area (Å²) >= 11 is 0. The van der Waals surface area contributed by atoms with Crippen molar-refractivity contribution < 1.29 is 8.42 Å². The van der Waals surface area contributed by atoms with Gasteiger partial charge in [-0.2, -0.15) is 0 Å². The van der Waals surface area contributed by atoms with Gasteiger partial charge in [-0.1, -0.05) is 13.8 Å². The van der Waals surface area contributed by atoms with Crippen molar-refractivity contribution in [2.24, 2.45) is 10.9 Å². The highest BCUT2D eigenvalue weighted by Gasteiger charge is 2.20. The van der Waals surface area contributed by atoms with E-state index in [9.17, 15) is 8.42 Å². The Bertz CT molecular complexity index is 393. The molecule has 0 radical (unpaired) electrons. The third-order valence-corrected chi connectivity index (χ3v) is 4.73. The summed E-state index contributed by atoms with van der Waals surface area (Å²) in [5.74, 6) is 1.95. The second-order valence-electron chi connectivity index (χ2n) is 5.53. The van der Waals surface area contributed by atoms with Crippen molar-refractivity contribution in [1.82, 2.24) is 15.5 Å². The van der Waals surface area contributed by atoms with Gasteiger partial charge in [0.15, 0.2) is 15.8 Å². The topological polar surface area (TPSA) is 73.8 Å². The summed E-state index contributed by atoms with van der Waals surface area (Å²) in [6.07, 6.45) is 0. The van der Waals surface area contributed by atoms with Crippen LogP contribution in [0.4, 0.5) is 0 Å². The maximum absolute atomic E-state index is 11.3. The lowest BCUT2D eigenvalue weighted by Gasteiger charge is -2.26. The van der Waals surface area contributed by atoms with Crippen LogP contribution in [0.3, 0.4) is 0 Å². The maximum atomic E-state index is 11.3. The fourth-order valence-corrected chi connectivity index (χ4v) is 3.20. The SMILES string of the molecule is CCNC(=NCC(C)C)NCCN1CCS(=O)(=O)CC1. The molecule has 0 spiro atoms. The van der Waals surface area contributed by atoms with Crippen molar-refractivity contribution in [3.8, 4) is 0 Å². The van der Waals surface area contributed by atoms with Crippen molar-refractivity contribution in [3.05, 3.63) is 0 Å². The fraction of sp³-hybridized carbons (Fsp3) is 0.923. The summed E-state index contributed by atoms with van der Waals surface area (Å²) in [5.41, 5.74) is 0. The van der Waals surface area contributed by atoms with E-state index in [4.69, 9.17) is 0 Å². The van der Waals surface area contributed by atoms with Gasteiger partial charge in [-0.25, -0.2) is 8.42 Å². The van der Waals surface area contributed by atoms with Gasteiger partial charge in [0.1, 0.15) is 0 Å². The zero-order chi connectivity index (χ0) is 15.0. The highest BCUT2D eigenvalue weighted by atomic mass is 32.2. The molecule has 1 aliphatic heterocycles. The van der Waals surface area contributed by atoms with Crippen molar-refractivity contribution in [3.63, 3.8) is 0 Å². The minimum atomic E-state index is -2.78. The van der Waals surface area contributed by atoms with Gasteiger partial charge in [0, 0.05) is 39.3 Å². The molecule has 118 valence electrons. The average molecular weight is 304 g/mol. The molecule has 1 heterocycles. The Labute approximate surface area is 122 Å². The number of guanidine groups is 1. The normalized spacial score (nSPS) is 20.1. The zero-order valence-electron chi connectivity index (χ0n) is 12.9. The Hall–Kier alpha value is -0.820. The number of sulfone groups is 1. The van der Waals surface area contributed by atoms with Crippen LogP contribution >= 0.6 is 0 Å². The molecule has 0 aromatic carbocycles. The van der Waals surface area contributed by atoms with Gasteiger partial charge in [0.2, 0.25) is 0 Å². The molecule has 0 bridgehead atoms. The second-order valence-corrected chi connectivity index (χ2v) is 7.84.